The van der Waals surface area contributed by atoms with Crippen LogP contribution in [0, 0.1) is 0 Å². The van der Waals surface area contributed by atoms with Gasteiger partial charge in [-0.1, -0.05) is 0 Å². The molecule has 3 fully saturated rings. The molecule has 7 heteroatoms. The van der Waals surface area contributed by atoms with E-state index in [4.69, 9.17) is 14.6 Å². The van der Waals surface area contributed by atoms with Crippen LogP contribution >= 0.6 is 11.8 Å². The second-order valence-electron chi connectivity index (χ2n) is 4.07. The highest BCUT2D eigenvalue weighted by atomic mass is 32.2. The van der Waals surface area contributed by atoms with Gasteiger partial charge in [0, 0.05) is 11.3 Å². The zero-order chi connectivity index (χ0) is 12.0. The van der Waals surface area contributed by atoms with Gasteiger partial charge in [-0.2, -0.15) is 0 Å². The number of β-lactam (4-membered cyclic amide) rings is 1. The molecule has 6 nitrogen and oxygen atoms in total. The van der Waals surface area contributed by atoms with E-state index in [1.165, 1.54) is 16.7 Å². The average molecular weight is 257 g/mol. The number of carbonyl (C=O) groups is 2. The molecule has 0 radical (unpaired) electrons. The number of amides is 1. The molecule has 0 saturated carbocycles. The highest BCUT2D eigenvalue weighted by Gasteiger charge is 2.53. The first-order chi connectivity index (χ1) is 8.18. The summed E-state index contributed by atoms with van der Waals surface area (Å²) in [4.78, 5) is 24.2. The normalized spacial score (nSPS) is 38.4. The first-order valence-corrected chi connectivity index (χ1v) is 6.31. The highest BCUT2D eigenvalue weighted by molar-refractivity contribution is 8.00. The standard InChI is InChI=1S/C10H11NO5S/c12-8-6(1-5-2-15-4-16-5)9-11(8)7(3-17-9)10(13)14/h1,5,7,9H,2-4H2,(H,13,14)/t5?,7?,9-/m1/s1. The highest BCUT2D eigenvalue weighted by Crippen LogP contribution is 2.43. The van der Waals surface area contributed by atoms with Gasteiger partial charge in [0.15, 0.2) is 0 Å². The Hall–Kier alpha value is -1.05. The number of carbonyl (C=O) groups excluding carboxylic acids is 1. The van der Waals surface area contributed by atoms with Gasteiger partial charge < -0.3 is 19.5 Å². The molecular formula is C10H11NO5S. The quantitative estimate of drug-likeness (QED) is 0.538. The largest absolute Gasteiger partial charge is 0.480 e. The summed E-state index contributed by atoms with van der Waals surface area (Å²) in [6.45, 7) is 0.707. The summed E-state index contributed by atoms with van der Waals surface area (Å²) in [5.41, 5.74) is 0.647. The second kappa shape index (κ2) is 4.01. The summed E-state index contributed by atoms with van der Waals surface area (Å²) in [5, 5.41) is 8.83. The summed E-state index contributed by atoms with van der Waals surface area (Å²) >= 11 is 1.48. The molecule has 1 N–H and O–H groups in total. The summed E-state index contributed by atoms with van der Waals surface area (Å²) in [7, 11) is 0. The average Bonchev–Trinajstić information content (AvgIpc) is 2.93. The van der Waals surface area contributed by atoms with Gasteiger partial charge in [-0.05, 0) is 6.08 Å². The van der Waals surface area contributed by atoms with Crippen molar-refractivity contribution in [3.05, 3.63) is 11.6 Å². The van der Waals surface area contributed by atoms with E-state index in [1.807, 2.05) is 0 Å². The number of carboxylic acid groups (broad SMARTS) is 1. The van der Waals surface area contributed by atoms with Crippen molar-refractivity contribution in [3.63, 3.8) is 0 Å². The molecule has 92 valence electrons. The summed E-state index contributed by atoms with van der Waals surface area (Å²) in [5.74, 6) is -0.679. The van der Waals surface area contributed by atoms with E-state index in [9.17, 15) is 9.59 Å². The fourth-order valence-corrected chi connectivity index (χ4v) is 3.60. The van der Waals surface area contributed by atoms with Crippen LogP contribution in [0.25, 0.3) is 0 Å². The Morgan fingerprint density at radius 3 is 3.06 bits per heavy atom. The smallest absolute Gasteiger partial charge is 0.327 e. The van der Waals surface area contributed by atoms with E-state index in [2.05, 4.69) is 0 Å². The Kier molecular flexibility index (Phi) is 2.61. The molecule has 0 aromatic heterocycles. The van der Waals surface area contributed by atoms with Crippen LogP contribution in [-0.4, -0.2) is 58.6 Å². The monoisotopic (exact) mass is 257 g/mol. The number of hydrogen-bond donors (Lipinski definition) is 1. The van der Waals surface area contributed by atoms with E-state index in [0.717, 1.165) is 0 Å². The van der Waals surface area contributed by atoms with Crippen LogP contribution < -0.4 is 0 Å². The molecular weight excluding hydrogens is 246 g/mol. The predicted molar refractivity (Wildman–Crippen MR) is 58.3 cm³/mol. The van der Waals surface area contributed by atoms with Crippen LogP contribution in [0.15, 0.2) is 11.6 Å². The third-order valence-electron chi connectivity index (χ3n) is 3.05. The molecule has 0 aliphatic carbocycles. The van der Waals surface area contributed by atoms with Crippen molar-refractivity contribution < 1.29 is 24.2 Å². The fourth-order valence-electron chi connectivity index (χ4n) is 2.17. The van der Waals surface area contributed by atoms with Crippen LogP contribution in [0.4, 0.5) is 0 Å². The number of rotatable bonds is 2. The SMILES string of the molecule is O=C(O)C1CS[C@@H]2C(=CC3COCO3)C(=O)N12. The molecule has 3 rings (SSSR count). The first kappa shape index (κ1) is 11.1. The van der Waals surface area contributed by atoms with Crippen molar-refractivity contribution >= 4 is 23.6 Å². The Bertz CT molecular complexity index is 404. The second-order valence-corrected chi connectivity index (χ2v) is 5.18. The molecule has 1 amide bonds. The number of hydrogen-bond acceptors (Lipinski definition) is 5. The van der Waals surface area contributed by atoms with Crippen molar-refractivity contribution in [2.75, 3.05) is 19.2 Å². The van der Waals surface area contributed by atoms with E-state index in [0.29, 0.717) is 17.9 Å². The summed E-state index contributed by atoms with van der Waals surface area (Å²) in [6, 6.07) is -0.685. The molecule has 3 atom stereocenters. The molecule has 3 aliphatic rings. The number of carboxylic acids is 1. The molecule has 3 saturated heterocycles. The first-order valence-electron chi connectivity index (χ1n) is 5.26. The summed E-state index contributed by atoms with van der Waals surface area (Å²) < 4.78 is 10.3. The zero-order valence-corrected chi connectivity index (χ0v) is 9.68. The third kappa shape index (κ3) is 1.65. The molecule has 17 heavy (non-hydrogen) atoms. The van der Waals surface area contributed by atoms with Crippen molar-refractivity contribution in [1.82, 2.24) is 4.90 Å². The van der Waals surface area contributed by atoms with Gasteiger partial charge in [0.25, 0.3) is 5.91 Å². The topological polar surface area (TPSA) is 76.1 Å². The van der Waals surface area contributed by atoms with E-state index >= 15 is 0 Å². The van der Waals surface area contributed by atoms with Crippen molar-refractivity contribution in [3.8, 4) is 0 Å². The number of aliphatic carboxylic acids is 1. The lowest BCUT2D eigenvalue weighted by Crippen LogP contribution is -2.56. The van der Waals surface area contributed by atoms with Gasteiger partial charge in [-0.15, -0.1) is 11.8 Å². The van der Waals surface area contributed by atoms with Gasteiger partial charge in [-0.25, -0.2) is 4.79 Å². The van der Waals surface area contributed by atoms with Gasteiger partial charge in [0.1, 0.15) is 24.3 Å². The molecule has 0 bridgehead atoms. The van der Waals surface area contributed by atoms with Gasteiger partial charge in [0.2, 0.25) is 0 Å². The summed E-state index contributed by atoms with van der Waals surface area (Å²) in [6.07, 6.45) is 1.58. The van der Waals surface area contributed by atoms with E-state index in [1.54, 1.807) is 6.08 Å². The van der Waals surface area contributed by atoms with Gasteiger partial charge in [0.05, 0.1) is 6.61 Å². The predicted octanol–water partition coefficient (Wildman–Crippen LogP) is -0.346. The minimum Gasteiger partial charge on any atom is -0.480 e. The van der Waals surface area contributed by atoms with Crippen molar-refractivity contribution in [1.29, 1.82) is 0 Å². The Labute approximate surface area is 102 Å². The van der Waals surface area contributed by atoms with Crippen LogP contribution in [0.2, 0.25) is 0 Å². The maximum atomic E-state index is 11.8. The zero-order valence-electron chi connectivity index (χ0n) is 8.87. The van der Waals surface area contributed by atoms with Crippen molar-refractivity contribution in [2.45, 2.75) is 17.5 Å². The maximum Gasteiger partial charge on any atom is 0.327 e. The van der Waals surface area contributed by atoms with Crippen LogP contribution in [-0.2, 0) is 19.1 Å². The maximum absolute atomic E-state index is 11.8. The lowest BCUT2D eigenvalue weighted by atomic mass is 10.0. The van der Waals surface area contributed by atoms with E-state index < -0.39 is 12.0 Å². The lowest BCUT2D eigenvalue weighted by molar-refractivity contribution is -0.150. The van der Waals surface area contributed by atoms with Crippen LogP contribution in [0.3, 0.4) is 0 Å². The molecule has 0 aromatic rings. The number of fused-ring (bicyclic) bond motifs is 1. The third-order valence-corrected chi connectivity index (χ3v) is 4.35. The minimum absolute atomic E-state index is 0.118. The molecule has 3 aliphatic heterocycles. The Morgan fingerprint density at radius 2 is 2.41 bits per heavy atom. The molecule has 3 heterocycles. The molecule has 0 spiro atoms. The lowest BCUT2D eigenvalue weighted by Gasteiger charge is -2.38. The molecule has 2 unspecified atom stereocenters. The van der Waals surface area contributed by atoms with E-state index in [-0.39, 0.29) is 24.2 Å². The number of thioether (sulfide) groups is 1. The van der Waals surface area contributed by atoms with Gasteiger partial charge in [-0.3, -0.25) is 4.79 Å². The number of ether oxygens (including phenoxy) is 2. The number of nitrogens with zero attached hydrogens (tertiary/aromatic N) is 1. The fraction of sp³-hybridized carbons (Fsp3) is 0.600. The van der Waals surface area contributed by atoms with Gasteiger partial charge >= 0.3 is 5.97 Å². The van der Waals surface area contributed by atoms with Crippen molar-refractivity contribution in [2.24, 2.45) is 0 Å². The minimum atomic E-state index is -0.937. The Balaban J connectivity index is 1.75. The van der Waals surface area contributed by atoms with Crippen LogP contribution in [0.5, 0.6) is 0 Å². The Morgan fingerprint density at radius 1 is 1.59 bits per heavy atom. The van der Waals surface area contributed by atoms with Crippen LogP contribution in [0.1, 0.15) is 0 Å². The molecule has 0 aromatic carbocycles.